The first-order valence-electron chi connectivity index (χ1n) is 7.49. The van der Waals surface area contributed by atoms with Crippen LogP contribution in [0.4, 0.5) is 5.69 Å². The number of nitrogens with two attached hydrogens (primary N) is 1. The van der Waals surface area contributed by atoms with E-state index in [-0.39, 0.29) is 30.9 Å². The van der Waals surface area contributed by atoms with Crippen LogP contribution in [0.2, 0.25) is 0 Å². The van der Waals surface area contributed by atoms with Crippen LogP contribution in [0.5, 0.6) is 0 Å². The molecule has 122 valence electrons. The number of nitrogens with zero attached hydrogens (tertiary/aromatic N) is 2. The molecular weight excluding hydrogens is 306 g/mol. The number of hydrogen-bond acceptors (Lipinski definition) is 4. The fraction of sp³-hybridized carbons (Fsp3) is 0.643. The third-order valence-corrected chi connectivity index (χ3v) is 4.40. The minimum atomic E-state index is -0.461. The highest BCUT2D eigenvalue weighted by Gasteiger charge is 2.38. The lowest BCUT2D eigenvalue weighted by Gasteiger charge is -2.24. The molecule has 1 saturated heterocycles. The van der Waals surface area contributed by atoms with Gasteiger partial charge in [0.2, 0.25) is 11.8 Å². The van der Waals surface area contributed by atoms with E-state index in [4.69, 9.17) is 5.73 Å². The molecule has 3 unspecified atom stereocenters. The lowest BCUT2D eigenvalue weighted by molar-refractivity contribution is -0.119. The Morgan fingerprint density at radius 3 is 2.91 bits per heavy atom. The van der Waals surface area contributed by atoms with Crippen LogP contribution in [0.15, 0.2) is 12.4 Å². The van der Waals surface area contributed by atoms with E-state index in [2.05, 4.69) is 15.7 Å². The molecule has 8 heteroatoms. The maximum absolute atomic E-state index is 12.3. The van der Waals surface area contributed by atoms with Gasteiger partial charge in [-0.1, -0.05) is 12.8 Å². The van der Waals surface area contributed by atoms with E-state index >= 15 is 0 Å². The quantitative estimate of drug-likeness (QED) is 0.755. The van der Waals surface area contributed by atoms with Crippen molar-refractivity contribution in [3.05, 3.63) is 12.4 Å². The molecule has 1 saturated carbocycles. The molecule has 2 heterocycles. The summed E-state index contributed by atoms with van der Waals surface area (Å²) in [6, 6.07) is 0.365. The molecule has 1 aliphatic heterocycles. The van der Waals surface area contributed by atoms with Gasteiger partial charge in [0.1, 0.15) is 6.54 Å². The minimum Gasteiger partial charge on any atom is -0.368 e. The van der Waals surface area contributed by atoms with Crippen molar-refractivity contribution in [2.24, 2.45) is 11.7 Å². The molecule has 1 aromatic rings. The van der Waals surface area contributed by atoms with Gasteiger partial charge in [-0.2, -0.15) is 5.10 Å². The minimum absolute atomic E-state index is 0. The molecule has 1 aromatic heterocycles. The number of rotatable bonds is 4. The van der Waals surface area contributed by atoms with Crippen molar-refractivity contribution in [3.8, 4) is 0 Å². The van der Waals surface area contributed by atoms with Crippen LogP contribution in [0, 0.1) is 5.92 Å². The van der Waals surface area contributed by atoms with Crippen molar-refractivity contribution in [2.75, 3.05) is 5.32 Å². The smallest absolute Gasteiger partial charge is 0.241 e. The van der Waals surface area contributed by atoms with Crippen LogP contribution in [-0.2, 0) is 16.1 Å². The third-order valence-electron chi connectivity index (χ3n) is 4.40. The SMILES string of the molecule is Cl.NC(=O)Cn1cc(NC(=O)C2CC3CCCCC3N2)cn1. The number of anilines is 1. The van der Waals surface area contributed by atoms with Crippen molar-refractivity contribution in [1.29, 1.82) is 0 Å². The highest BCUT2D eigenvalue weighted by Crippen LogP contribution is 2.33. The largest absolute Gasteiger partial charge is 0.368 e. The summed E-state index contributed by atoms with van der Waals surface area (Å²) in [5.74, 6) is 0.146. The number of amides is 2. The molecule has 2 aliphatic rings. The van der Waals surface area contributed by atoms with Gasteiger partial charge in [-0.15, -0.1) is 12.4 Å². The van der Waals surface area contributed by atoms with Crippen LogP contribution < -0.4 is 16.4 Å². The first-order chi connectivity index (χ1) is 10.1. The average Bonchev–Trinajstić information content (AvgIpc) is 3.04. The number of carbonyl (C=O) groups excluding carboxylic acids is 2. The van der Waals surface area contributed by atoms with Gasteiger partial charge < -0.3 is 16.4 Å². The lowest BCUT2D eigenvalue weighted by Crippen LogP contribution is -2.39. The molecule has 0 spiro atoms. The number of nitrogens with one attached hydrogen (secondary N) is 2. The van der Waals surface area contributed by atoms with Crippen LogP contribution in [0.3, 0.4) is 0 Å². The van der Waals surface area contributed by atoms with Gasteiger partial charge in [-0.3, -0.25) is 14.3 Å². The first kappa shape index (κ1) is 16.8. The topological polar surface area (TPSA) is 102 Å². The second-order valence-electron chi connectivity index (χ2n) is 5.99. The summed E-state index contributed by atoms with van der Waals surface area (Å²) in [6.07, 6.45) is 8.97. The second kappa shape index (κ2) is 7.11. The molecule has 0 bridgehead atoms. The van der Waals surface area contributed by atoms with E-state index in [0.717, 1.165) is 6.42 Å². The Bertz CT molecular complexity index is 533. The Labute approximate surface area is 135 Å². The average molecular weight is 328 g/mol. The monoisotopic (exact) mass is 327 g/mol. The summed E-state index contributed by atoms with van der Waals surface area (Å²) in [6.45, 7) is 0.0156. The van der Waals surface area contributed by atoms with Crippen molar-refractivity contribution in [2.45, 2.75) is 50.7 Å². The standard InChI is InChI=1S/C14H21N5O2.ClH/c15-13(20)8-19-7-10(6-16-19)17-14(21)12-5-9-3-1-2-4-11(9)18-12;/h6-7,9,11-12,18H,1-5,8H2,(H2,15,20)(H,17,21);1H. The molecule has 3 atom stereocenters. The zero-order chi connectivity index (χ0) is 14.8. The molecule has 0 aromatic carbocycles. The van der Waals surface area contributed by atoms with Crippen molar-refractivity contribution in [3.63, 3.8) is 0 Å². The Kier molecular flexibility index (Phi) is 5.42. The van der Waals surface area contributed by atoms with Crippen molar-refractivity contribution < 1.29 is 9.59 Å². The molecule has 0 radical (unpaired) electrons. The Morgan fingerprint density at radius 1 is 1.41 bits per heavy atom. The van der Waals surface area contributed by atoms with E-state index in [1.165, 1.54) is 36.6 Å². The van der Waals surface area contributed by atoms with Gasteiger partial charge in [0.05, 0.1) is 17.9 Å². The van der Waals surface area contributed by atoms with Gasteiger partial charge in [0.15, 0.2) is 0 Å². The molecular formula is C14H22ClN5O2. The fourth-order valence-corrected chi connectivity index (χ4v) is 3.42. The van der Waals surface area contributed by atoms with Gasteiger partial charge in [-0.05, 0) is 25.2 Å². The summed E-state index contributed by atoms with van der Waals surface area (Å²) < 4.78 is 1.42. The number of carbonyl (C=O) groups is 2. The highest BCUT2D eigenvalue weighted by atomic mass is 35.5. The van der Waals surface area contributed by atoms with Crippen molar-refractivity contribution >= 4 is 29.9 Å². The summed E-state index contributed by atoms with van der Waals surface area (Å²) in [4.78, 5) is 23.1. The number of hydrogen-bond donors (Lipinski definition) is 3. The summed E-state index contributed by atoms with van der Waals surface area (Å²) in [5.41, 5.74) is 5.70. The molecule has 4 N–H and O–H groups in total. The molecule has 2 fully saturated rings. The van der Waals surface area contributed by atoms with Crippen LogP contribution >= 0.6 is 12.4 Å². The molecule has 1 aliphatic carbocycles. The number of fused-ring (bicyclic) bond motifs is 1. The predicted octanol–water partition coefficient (Wildman–Crippen LogP) is 0.649. The van der Waals surface area contributed by atoms with Crippen LogP contribution in [0.25, 0.3) is 0 Å². The highest BCUT2D eigenvalue weighted by molar-refractivity contribution is 5.94. The normalized spacial score (nSPS) is 26.8. The van der Waals surface area contributed by atoms with E-state index in [1.807, 2.05) is 0 Å². The van der Waals surface area contributed by atoms with Crippen LogP contribution in [-0.4, -0.2) is 33.7 Å². The maximum atomic E-state index is 12.3. The Hall–Kier alpha value is -1.60. The van der Waals surface area contributed by atoms with Gasteiger partial charge in [0, 0.05) is 12.2 Å². The number of aromatic nitrogens is 2. The fourth-order valence-electron chi connectivity index (χ4n) is 3.42. The summed E-state index contributed by atoms with van der Waals surface area (Å²) in [7, 11) is 0. The number of primary amides is 1. The molecule has 7 nitrogen and oxygen atoms in total. The Balaban J connectivity index is 0.00000176. The maximum Gasteiger partial charge on any atom is 0.241 e. The zero-order valence-electron chi connectivity index (χ0n) is 12.3. The number of halogens is 1. The van der Waals surface area contributed by atoms with E-state index in [0.29, 0.717) is 17.6 Å². The molecule has 22 heavy (non-hydrogen) atoms. The second-order valence-corrected chi connectivity index (χ2v) is 5.99. The summed E-state index contributed by atoms with van der Waals surface area (Å²) in [5, 5.41) is 10.3. The predicted molar refractivity (Wildman–Crippen MR) is 84.6 cm³/mol. The lowest BCUT2D eigenvalue weighted by atomic mass is 9.85. The van der Waals surface area contributed by atoms with Crippen LogP contribution in [0.1, 0.15) is 32.1 Å². The third kappa shape index (κ3) is 3.78. The van der Waals surface area contributed by atoms with Crippen molar-refractivity contribution in [1.82, 2.24) is 15.1 Å². The van der Waals surface area contributed by atoms with E-state index in [1.54, 1.807) is 6.20 Å². The molecule has 2 amide bonds. The summed E-state index contributed by atoms with van der Waals surface area (Å²) >= 11 is 0. The van der Waals surface area contributed by atoms with E-state index < -0.39 is 5.91 Å². The zero-order valence-corrected chi connectivity index (χ0v) is 13.1. The molecule has 3 rings (SSSR count). The van der Waals surface area contributed by atoms with Gasteiger partial charge >= 0.3 is 0 Å². The Morgan fingerprint density at radius 2 is 2.18 bits per heavy atom. The van der Waals surface area contributed by atoms with E-state index in [9.17, 15) is 9.59 Å². The van der Waals surface area contributed by atoms with Gasteiger partial charge in [0.25, 0.3) is 0 Å². The first-order valence-corrected chi connectivity index (χ1v) is 7.49. The van der Waals surface area contributed by atoms with Gasteiger partial charge in [-0.25, -0.2) is 0 Å².